The summed E-state index contributed by atoms with van der Waals surface area (Å²) in [5, 5.41) is 5.23. The molecule has 4 N–H and O–H groups in total. The summed E-state index contributed by atoms with van der Waals surface area (Å²) in [6, 6.07) is -0.198. The molecule has 16 heavy (non-hydrogen) atoms. The maximum Gasteiger partial charge on any atom is 0.316 e. The highest BCUT2D eigenvalue weighted by molar-refractivity contribution is 7.80. The van der Waals surface area contributed by atoms with E-state index in [4.69, 9.17) is 5.73 Å². The molecule has 0 aromatic carbocycles. The predicted octanol–water partition coefficient (Wildman–Crippen LogP) is -0.704. The van der Waals surface area contributed by atoms with Crippen molar-refractivity contribution in [3.8, 4) is 0 Å². The molecule has 0 radical (unpaired) electrons. The van der Waals surface area contributed by atoms with Crippen LogP contribution in [0, 0.1) is 5.92 Å². The SMILES string of the molecule is CC(C(=O)NCCNC(=O)N(C)C)C(N)=S. The zero-order valence-corrected chi connectivity index (χ0v) is 10.6. The fraction of sp³-hybridized carbons (Fsp3) is 0.667. The number of urea groups is 1. The molecular formula is C9H18N4O2S. The van der Waals surface area contributed by atoms with Crippen LogP contribution in [0.25, 0.3) is 0 Å². The van der Waals surface area contributed by atoms with Crippen molar-refractivity contribution in [1.29, 1.82) is 0 Å². The second kappa shape index (κ2) is 7.00. The van der Waals surface area contributed by atoms with Gasteiger partial charge in [-0.2, -0.15) is 0 Å². The maximum atomic E-state index is 11.4. The fourth-order valence-electron chi connectivity index (χ4n) is 0.796. The molecule has 0 bridgehead atoms. The van der Waals surface area contributed by atoms with E-state index in [1.165, 1.54) is 4.90 Å². The highest BCUT2D eigenvalue weighted by atomic mass is 32.1. The number of rotatable bonds is 5. The van der Waals surface area contributed by atoms with Crippen molar-refractivity contribution in [1.82, 2.24) is 15.5 Å². The summed E-state index contributed by atoms with van der Waals surface area (Å²) in [5.41, 5.74) is 5.32. The molecule has 0 heterocycles. The van der Waals surface area contributed by atoms with Crippen molar-refractivity contribution in [2.75, 3.05) is 27.2 Å². The fourth-order valence-corrected chi connectivity index (χ4v) is 0.903. The van der Waals surface area contributed by atoms with E-state index in [9.17, 15) is 9.59 Å². The zero-order valence-electron chi connectivity index (χ0n) is 9.74. The first-order valence-corrected chi connectivity index (χ1v) is 5.29. The molecule has 92 valence electrons. The van der Waals surface area contributed by atoms with Gasteiger partial charge in [-0.15, -0.1) is 0 Å². The minimum Gasteiger partial charge on any atom is -0.393 e. The van der Waals surface area contributed by atoms with Crippen LogP contribution in [-0.2, 0) is 4.79 Å². The Morgan fingerprint density at radius 3 is 2.25 bits per heavy atom. The molecule has 0 rings (SSSR count). The number of amides is 3. The van der Waals surface area contributed by atoms with Crippen molar-refractivity contribution >= 4 is 29.1 Å². The topological polar surface area (TPSA) is 87.5 Å². The van der Waals surface area contributed by atoms with Gasteiger partial charge in [0, 0.05) is 27.2 Å². The van der Waals surface area contributed by atoms with Gasteiger partial charge >= 0.3 is 6.03 Å². The largest absolute Gasteiger partial charge is 0.393 e. The lowest BCUT2D eigenvalue weighted by Gasteiger charge is -2.13. The normalized spacial score (nSPS) is 11.4. The lowest BCUT2D eigenvalue weighted by Crippen LogP contribution is -2.42. The van der Waals surface area contributed by atoms with E-state index < -0.39 is 5.92 Å². The van der Waals surface area contributed by atoms with Crippen molar-refractivity contribution < 1.29 is 9.59 Å². The Labute approximate surface area is 101 Å². The van der Waals surface area contributed by atoms with Gasteiger partial charge in [-0.05, 0) is 6.92 Å². The molecule has 0 aliphatic heterocycles. The minimum atomic E-state index is -0.487. The number of carbonyl (C=O) groups is 2. The van der Waals surface area contributed by atoms with Gasteiger partial charge in [-0.25, -0.2) is 4.79 Å². The smallest absolute Gasteiger partial charge is 0.316 e. The van der Waals surface area contributed by atoms with Gasteiger partial charge in [0.05, 0.1) is 10.9 Å². The summed E-state index contributed by atoms with van der Waals surface area (Å²) in [7, 11) is 3.28. The van der Waals surface area contributed by atoms with Crippen LogP contribution in [0.2, 0.25) is 0 Å². The molecule has 0 spiro atoms. The van der Waals surface area contributed by atoms with Crippen LogP contribution in [0.3, 0.4) is 0 Å². The van der Waals surface area contributed by atoms with Gasteiger partial charge in [0.15, 0.2) is 0 Å². The van der Waals surface area contributed by atoms with Gasteiger partial charge in [0.2, 0.25) is 5.91 Å². The first-order chi connectivity index (χ1) is 7.36. The molecular weight excluding hydrogens is 228 g/mol. The Balaban J connectivity index is 3.71. The molecule has 0 saturated carbocycles. The molecule has 0 aromatic rings. The minimum absolute atomic E-state index is 0.162. The molecule has 1 atom stereocenters. The molecule has 0 aliphatic rings. The molecule has 0 aromatic heterocycles. The molecule has 6 nitrogen and oxygen atoms in total. The van der Waals surface area contributed by atoms with Crippen LogP contribution < -0.4 is 16.4 Å². The van der Waals surface area contributed by atoms with Crippen LogP contribution in [0.15, 0.2) is 0 Å². The molecule has 7 heteroatoms. The van der Waals surface area contributed by atoms with E-state index >= 15 is 0 Å². The van der Waals surface area contributed by atoms with Crippen LogP contribution in [-0.4, -0.2) is 49.0 Å². The van der Waals surface area contributed by atoms with E-state index in [0.717, 1.165) is 0 Å². The van der Waals surface area contributed by atoms with E-state index in [1.807, 2.05) is 0 Å². The highest BCUT2D eigenvalue weighted by Gasteiger charge is 2.14. The number of hydrogen-bond acceptors (Lipinski definition) is 3. The Bertz CT molecular complexity index is 281. The van der Waals surface area contributed by atoms with Crippen LogP contribution in [0.4, 0.5) is 4.79 Å². The van der Waals surface area contributed by atoms with Gasteiger partial charge < -0.3 is 21.3 Å². The number of hydrogen-bond donors (Lipinski definition) is 3. The maximum absolute atomic E-state index is 11.4. The monoisotopic (exact) mass is 246 g/mol. The summed E-state index contributed by atoms with van der Waals surface area (Å²) in [6.07, 6.45) is 0. The van der Waals surface area contributed by atoms with E-state index in [-0.39, 0.29) is 16.9 Å². The Morgan fingerprint density at radius 2 is 1.81 bits per heavy atom. The van der Waals surface area contributed by atoms with Crippen molar-refractivity contribution in [3.05, 3.63) is 0 Å². The summed E-state index contributed by atoms with van der Waals surface area (Å²) in [6.45, 7) is 2.36. The van der Waals surface area contributed by atoms with E-state index in [0.29, 0.717) is 13.1 Å². The highest BCUT2D eigenvalue weighted by Crippen LogP contribution is 1.93. The van der Waals surface area contributed by atoms with Crippen LogP contribution in [0.1, 0.15) is 6.92 Å². The van der Waals surface area contributed by atoms with Gasteiger partial charge in [0.25, 0.3) is 0 Å². The Hall–Kier alpha value is -1.37. The summed E-state index contributed by atoms with van der Waals surface area (Å²) >= 11 is 4.69. The predicted molar refractivity (Wildman–Crippen MR) is 66.0 cm³/mol. The van der Waals surface area contributed by atoms with Gasteiger partial charge in [0.1, 0.15) is 0 Å². The third kappa shape index (κ3) is 5.50. The molecule has 1 unspecified atom stereocenters. The molecule has 0 aliphatic carbocycles. The summed E-state index contributed by atoms with van der Waals surface area (Å²) in [5.74, 6) is -0.717. The third-order valence-electron chi connectivity index (χ3n) is 1.93. The standard InChI is InChI=1S/C9H18N4O2S/c1-6(7(10)16)8(14)11-4-5-12-9(15)13(2)3/h6H,4-5H2,1-3H3,(H2,10,16)(H,11,14)(H,12,15). The average molecular weight is 246 g/mol. The molecule has 0 fully saturated rings. The number of nitrogens with two attached hydrogens (primary N) is 1. The van der Waals surface area contributed by atoms with E-state index in [1.54, 1.807) is 21.0 Å². The van der Waals surface area contributed by atoms with Crippen molar-refractivity contribution in [2.45, 2.75) is 6.92 Å². The number of thiocarbonyl (C=S) groups is 1. The second-order valence-corrected chi connectivity index (χ2v) is 4.01. The zero-order chi connectivity index (χ0) is 12.7. The van der Waals surface area contributed by atoms with E-state index in [2.05, 4.69) is 22.9 Å². The van der Waals surface area contributed by atoms with Crippen LogP contribution >= 0.6 is 12.2 Å². The molecule has 0 saturated heterocycles. The lowest BCUT2D eigenvalue weighted by molar-refractivity contribution is -0.122. The summed E-state index contributed by atoms with van der Waals surface area (Å²) < 4.78 is 0. The number of carbonyl (C=O) groups excluding carboxylic acids is 2. The second-order valence-electron chi connectivity index (χ2n) is 3.54. The molecule has 3 amide bonds. The third-order valence-corrected chi connectivity index (χ3v) is 2.28. The van der Waals surface area contributed by atoms with Gasteiger partial charge in [-0.1, -0.05) is 12.2 Å². The summed E-state index contributed by atoms with van der Waals surface area (Å²) in [4.78, 5) is 24.0. The quantitative estimate of drug-likeness (QED) is 0.442. The van der Waals surface area contributed by atoms with Crippen LogP contribution in [0.5, 0.6) is 0 Å². The van der Waals surface area contributed by atoms with Crippen molar-refractivity contribution in [2.24, 2.45) is 11.7 Å². The average Bonchev–Trinajstić information content (AvgIpc) is 2.22. The van der Waals surface area contributed by atoms with Gasteiger partial charge in [-0.3, -0.25) is 4.79 Å². The Kier molecular flexibility index (Phi) is 6.40. The number of nitrogens with one attached hydrogen (secondary N) is 2. The lowest BCUT2D eigenvalue weighted by atomic mass is 10.2. The van der Waals surface area contributed by atoms with Crippen molar-refractivity contribution in [3.63, 3.8) is 0 Å². The number of nitrogens with zero attached hydrogens (tertiary/aromatic N) is 1. The first kappa shape index (κ1) is 14.6. The Morgan fingerprint density at radius 1 is 1.31 bits per heavy atom. The first-order valence-electron chi connectivity index (χ1n) is 4.88.